The molecule has 0 atom stereocenters. The van der Waals surface area contributed by atoms with Gasteiger partial charge in [0.05, 0.1) is 0 Å². The number of benzene rings is 1. The fourth-order valence-electron chi connectivity index (χ4n) is 0.763. The van der Waals surface area contributed by atoms with Crippen molar-refractivity contribution in [2.45, 2.75) is 6.92 Å². The van der Waals surface area contributed by atoms with E-state index in [0.29, 0.717) is 0 Å². The van der Waals surface area contributed by atoms with Crippen LogP contribution in [0.15, 0.2) is 24.3 Å². The average molecular weight is 190 g/mol. The van der Waals surface area contributed by atoms with Gasteiger partial charge in [-0.15, -0.1) is 22.2 Å². The zero-order chi connectivity index (χ0) is 7.56. The molecule has 1 radical (unpaired) electrons. The normalized spacial score (nSPS) is 10.4. The first kappa shape index (κ1) is 8.12. The van der Waals surface area contributed by atoms with Crippen LogP contribution < -0.4 is 5.19 Å². The summed E-state index contributed by atoms with van der Waals surface area (Å²) < 4.78 is 0. The van der Waals surface area contributed by atoms with Crippen LogP contribution in [0.1, 0.15) is 5.56 Å². The summed E-state index contributed by atoms with van der Waals surface area (Å²) in [4.78, 5) is 0. The summed E-state index contributed by atoms with van der Waals surface area (Å²) in [5.74, 6) is 0. The Kier molecular flexibility index (Phi) is 2.78. The number of halogens is 2. The summed E-state index contributed by atoms with van der Waals surface area (Å²) in [6.07, 6.45) is 0. The third-order valence-electron chi connectivity index (χ3n) is 1.24. The minimum absolute atomic E-state index is 1.06. The quantitative estimate of drug-likeness (QED) is 0.470. The third kappa shape index (κ3) is 2.01. The molecule has 53 valence electrons. The van der Waals surface area contributed by atoms with Gasteiger partial charge in [0.25, 0.3) is 0 Å². The molecular formula is C7H7Cl2Si. The van der Waals surface area contributed by atoms with Crippen molar-refractivity contribution >= 4 is 34.8 Å². The monoisotopic (exact) mass is 189 g/mol. The molecule has 0 aliphatic carbocycles. The Balaban J connectivity index is 2.96. The lowest BCUT2D eigenvalue weighted by molar-refractivity contribution is 1.49. The van der Waals surface area contributed by atoms with Crippen molar-refractivity contribution in [1.82, 2.24) is 0 Å². The summed E-state index contributed by atoms with van der Waals surface area (Å²) in [5.41, 5.74) is 1.21. The number of hydrogen-bond donors (Lipinski definition) is 0. The standard InChI is InChI=1S/C7H7Cl2Si/c1-6-3-2-4-7(5-6)10(8)9/h2-5H,1H3. The Hall–Kier alpha value is 0.0169. The topological polar surface area (TPSA) is 0 Å². The van der Waals surface area contributed by atoms with Gasteiger partial charge in [0.15, 0.2) is 0 Å². The number of aryl methyl sites for hydroxylation is 1. The molecule has 3 heteroatoms. The maximum Gasteiger partial charge on any atom is 0.307 e. The average Bonchev–Trinajstić information content (AvgIpc) is 1.88. The van der Waals surface area contributed by atoms with Gasteiger partial charge >= 0.3 is 7.42 Å². The second kappa shape index (κ2) is 3.42. The molecule has 0 aliphatic heterocycles. The molecule has 0 heterocycles. The first-order chi connectivity index (χ1) is 4.70. The first-order valence-corrected chi connectivity index (χ1v) is 6.47. The van der Waals surface area contributed by atoms with E-state index >= 15 is 0 Å². The fourth-order valence-corrected chi connectivity index (χ4v) is 2.03. The van der Waals surface area contributed by atoms with Crippen molar-refractivity contribution in [3.63, 3.8) is 0 Å². The van der Waals surface area contributed by atoms with Crippen molar-refractivity contribution < 1.29 is 0 Å². The van der Waals surface area contributed by atoms with Gasteiger partial charge in [0.1, 0.15) is 0 Å². The van der Waals surface area contributed by atoms with Crippen LogP contribution in [0.25, 0.3) is 0 Å². The summed E-state index contributed by atoms with van der Waals surface area (Å²) in [5, 5.41) is 1.06. The third-order valence-corrected chi connectivity index (χ3v) is 3.29. The minimum Gasteiger partial charge on any atom is -0.140 e. The molecule has 0 aliphatic rings. The number of rotatable bonds is 1. The van der Waals surface area contributed by atoms with Crippen LogP contribution in [-0.2, 0) is 0 Å². The highest BCUT2D eigenvalue weighted by Crippen LogP contribution is 2.00. The molecule has 0 bridgehead atoms. The molecule has 1 rings (SSSR count). The lowest BCUT2D eigenvalue weighted by atomic mass is 10.2. The minimum atomic E-state index is -1.29. The highest BCUT2D eigenvalue weighted by molar-refractivity contribution is 7.39. The molecule has 0 N–H and O–H groups in total. The van der Waals surface area contributed by atoms with Gasteiger partial charge in [0.2, 0.25) is 0 Å². The van der Waals surface area contributed by atoms with Gasteiger partial charge in [0, 0.05) is 0 Å². The Labute approximate surface area is 71.8 Å². The van der Waals surface area contributed by atoms with E-state index in [-0.39, 0.29) is 0 Å². The van der Waals surface area contributed by atoms with Crippen molar-refractivity contribution in [3.05, 3.63) is 29.8 Å². The summed E-state index contributed by atoms with van der Waals surface area (Å²) in [7, 11) is -1.29. The van der Waals surface area contributed by atoms with Crippen LogP contribution in [0.3, 0.4) is 0 Å². The van der Waals surface area contributed by atoms with Crippen molar-refractivity contribution in [1.29, 1.82) is 0 Å². The second-order valence-electron chi connectivity index (χ2n) is 2.13. The highest BCUT2D eigenvalue weighted by Gasteiger charge is 2.05. The van der Waals surface area contributed by atoms with Crippen LogP contribution in [0.4, 0.5) is 0 Å². The van der Waals surface area contributed by atoms with Gasteiger partial charge in [-0.3, -0.25) is 0 Å². The largest absolute Gasteiger partial charge is 0.307 e. The van der Waals surface area contributed by atoms with E-state index in [0.717, 1.165) is 5.19 Å². The maximum atomic E-state index is 5.74. The smallest absolute Gasteiger partial charge is 0.140 e. The molecule has 1 aromatic carbocycles. The van der Waals surface area contributed by atoms with Crippen LogP contribution in [0.5, 0.6) is 0 Å². The van der Waals surface area contributed by atoms with Crippen molar-refractivity contribution in [2.24, 2.45) is 0 Å². The zero-order valence-electron chi connectivity index (χ0n) is 5.57. The van der Waals surface area contributed by atoms with E-state index in [4.69, 9.17) is 22.2 Å². The van der Waals surface area contributed by atoms with Crippen LogP contribution in [0, 0.1) is 6.92 Å². The molecule has 0 saturated carbocycles. The van der Waals surface area contributed by atoms with Crippen molar-refractivity contribution in [2.75, 3.05) is 0 Å². The van der Waals surface area contributed by atoms with E-state index in [1.165, 1.54) is 5.56 Å². The Morgan fingerprint density at radius 2 is 2.00 bits per heavy atom. The first-order valence-electron chi connectivity index (χ1n) is 2.95. The number of hydrogen-bond acceptors (Lipinski definition) is 0. The van der Waals surface area contributed by atoms with Gasteiger partial charge in [-0.2, -0.15) is 0 Å². The Bertz CT molecular complexity index is 223. The predicted octanol–water partition coefficient (Wildman–Crippen LogP) is 2.17. The fraction of sp³-hybridized carbons (Fsp3) is 0.143. The van der Waals surface area contributed by atoms with E-state index in [2.05, 4.69) is 0 Å². The Morgan fingerprint density at radius 1 is 1.30 bits per heavy atom. The molecule has 0 unspecified atom stereocenters. The van der Waals surface area contributed by atoms with E-state index in [1.54, 1.807) is 0 Å². The van der Waals surface area contributed by atoms with Gasteiger partial charge in [-0.25, -0.2) is 0 Å². The predicted molar refractivity (Wildman–Crippen MR) is 48.3 cm³/mol. The van der Waals surface area contributed by atoms with E-state index in [1.807, 2.05) is 31.2 Å². The zero-order valence-corrected chi connectivity index (χ0v) is 8.08. The van der Waals surface area contributed by atoms with Gasteiger partial charge in [-0.1, -0.05) is 29.8 Å². The molecule has 10 heavy (non-hydrogen) atoms. The maximum absolute atomic E-state index is 5.74. The van der Waals surface area contributed by atoms with Crippen LogP contribution >= 0.6 is 22.2 Å². The lowest BCUT2D eigenvalue weighted by Gasteiger charge is -1.98. The molecule has 0 saturated heterocycles. The van der Waals surface area contributed by atoms with Crippen molar-refractivity contribution in [3.8, 4) is 0 Å². The van der Waals surface area contributed by atoms with Gasteiger partial charge < -0.3 is 0 Å². The summed E-state index contributed by atoms with van der Waals surface area (Å²) in [6.45, 7) is 2.03. The summed E-state index contributed by atoms with van der Waals surface area (Å²) >= 11 is 11.5. The molecule has 0 fully saturated rings. The molecule has 0 nitrogen and oxygen atoms in total. The molecule has 0 aromatic heterocycles. The van der Waals surface area contributed by atoms with Crippen LogP contribution in [-0.4, -0.2) is 7.42 Å². The van der Waals surface area contributed by atoms with Gasteiger partial charge in [-0.05, 0) is 12.1 Å². The Morgan fingerprint density at radius 3 is 2.40 bits per heavy atom. The van der Waals surface area contributed by atoms with Crippen LogP contribution in [0.2, 0.25) is 0 Å². The molecule has 0 amide bonds. The molecular weight excluding hydrogens is 183 g/mol. The lowest BCUT2D eigenvalue weighted by Crippen LogP contribution is -2.17. The molecule has 0 spiro atoms. The SMILES string of the molecule is Cc1cccc([Si](Cl)Cl)c1. The molecule has 1 aromatic rings. The van der Waals surface area contributed by atoms with E-state index < -0.39 is 7.42 Å². The summed E-state index contributed by atoms with van der Waals surface area (Å²) in [6, 6.07) is 7.98. The second-order valence-corrected chi connectivity index (χ2v) is 6.08. The van der Waals surface area contributed by atoms with E-state index in [9.17, 15) is 0 Å². The highest BCUT2D eigenvalue weighted by atomic mass is 35.7.